The standard InChI is InChI=1S/C15H17N2O/c1-13-4-6-14(7-5-13)3-2-10-17-11-8-15(16-18)9-12-17/h4-7,18H,1,8-12H2. The molecule has 0 saturated carbocycles. The lowest BCUT2D eigenvalue weighted by Crippen LogP contribution is -2.34. The van der Waals surface area contributed by atoms with Gasteiger partial charge in [0.15, 0.2) is 0 Å². The summed E-state index contributed by atoms with van der Waals surface area (Å²) in [6.07, 6.45) is 1.68. The SMILES string of the molecule is [CH2]c1ccc(C#CCN2CCC(=NO)CC2)cc1. The number of oxime groups is 1. The van der Waals surface area contributed by atoms with Crippen LogP contribution in [0.25, 0.3) is 0 Å². The Kier molecular flexibility index (Phi) is 4.38. The number of benzene rings is 1. The highest BCUT2D eigenvalue weighted by Gasteiger charge is 2.13. The van der Waals surface area contributed by atoms with Crippen molar-refractivity contribution in [3.05, 3.63) is 42.3 Å². The van der Waals surface area contributed by atoms with Crippen molar-refractivity contribution in [3.63, 3.8) is 0 Å². The van der Waals surface area contributed by atoms with E-state index < -0.39 is 0 Å². The fourth-order valence-electron chi connectivity index (χ4n) is 1.91. The molecule has 0 amide bonds. The Morgan fingerprint density at radius 1 is 1.22 bits per heavy atom. The molecule has 1 fully saturated rings. The van der Waals surface area contributed by atoms with E-state index in [1.165, 1.54) is 0 Å². The van der Waals surface area contributed by atoms with Crippen LogP contribution in [-0.2, 0) is 0 Å². The smallest absolute Gasteiger partial charge is 0.0605 e. The summed E-state index contributed by atoms with van der Waals surface area (Å²) in [6.45, 7) is 6.46. The summed E-state index contributed by atoms with van der Waals surface area (Å²) in [4.78, 5) is 2.28. The van der Waals surface area contributed by atoms with Crippen molar-refractivity contribution in [1.82, 2.24) is 4.90 Å². The van der Waals surface area contributed by atoms with Crippen LogP contribution in [0.15, 0.2) is 29.4 Å². The molecule has 0 bridgehead atoms. The molecular formula is C15H17N2O. The maximum absolute atomic E-state index is 8.66. The van der Waals surface area contributed by atoms with Crippen LogP contribution in [0.2, 0.25) is 0 Å². The second kappa shape index (κ2) is 6.23. The van der Waals surface area contributed by atoms with E-state index in [-0.39, 0.29) is 0 Å². The lowest BCUT2D eigenvalue weighted by atomic mass is 10.1. The maximum atomic E-state index is 8.66. The van der Waals surface area contributed by atoms with Gasteiger partial charge in [0, 0.05) is 31.5 Å². The molecule has 0 aromatic heterocycles. The normalized spacial score (nSPS) is 15.9. The number of hydrogen-bond acceptors (Lipinski definition) is 3. The van der Waals surface area contributed by atoms with E-state index in [1.807, 2.05) is 24.3 Å². The molecule has 1 N–H and O–H groups in total. The molecule has 1 heterocycles. The van der Waals surface area contributed by atoms with Gasteiger partial charge in [0.2, 0.25) is 0 Å². The molecule has 1 radical (unpaired) electrons. The summed E-state index contributed by atoms with van der Waals surface area (Å²) in [5.74, 6) is 6.32. The van der Waals surface area contributed by atoms with Crippen LogP contribution in [0.5, 0.6) is 0 Å². The van der Waals surface area contributed by atoms with Gasteiger partial charge in [-0.2, -0.15) is 0 Å². The van der Waals surface area contributed by atoms with Gasteiger partial charge in [-0.3, -0.25) is 4.90 Å². The molecule has 2 rings (SSSR count). The maximum Gasteiger partial charge on any atom is 0.0605 e. The van der Waals surface area contributed by atoms with Crippen molar-refractivity contribution >= 4 is 5.71 Å². The second-order valence-electron chi connectivity index (χ2n) is 4.44. The van der Waals surface area contributed by atoms with Crippen LogP contribution < -0.4 is 0 Å². The predicted octanol–water partition coefficient (Wildman–Crippen LogP) is 2.15. The first-order valence-corrected chi connectivity index (χ1v) is 6.11. The monoisotopic (exact) mass is 241 g/mol. The molecule has 1 aliphatic rings. The van der Waals surface area contributed by atoms with E-state index in [1.54, 1.807) is 0 Å². The predicted molar refractivity (Wildman–Crippen MR) is 72.7 cm³/mol. The minimum absolute atomic E-state index is 0.769. The Morgan fingerprint density at radius 3 is 2.50 bits per heavy atom. The Morgan fingerprint density at radius 2 is 1.89 bits per heavy atom. The van der Waals surface area contributed by atoms with Crippen molar-refractivity contribution in [3.8, 4) is 11.8 Å². The van der Waals surface area contributed by atoms with Crippen molar-refractivity contribution in [2.75, 3.05) is 19.6 Å². The summed E-state index contributed by atoms with van der Waals surface area (Å²) in [6, 6.07) is 7.91. The van der Waals surface area contributed by atoms with E-state index in [2.05, 4.69) is 28.8 Å². The molecule has 3 nitrogen and oxygen atoms in total. The lowest BCUT2D eigenvalue weighted by molar-refractivity contribution is 0.285. The van der Waals surface area contributed by atoms with Gasteiger partial charge >= 0.3 is 0 Å². The largest absolute Gasteiger partial charge is 0.411 e. The number of likely N-dealkylation sites (tertiary alicyclic amines) is 1. The zero-order valence-electron chi connectivity index (χ0n) is 10.4. The summed E-state index contributed by atoms with van der Waals surface area (Å²) in [7, 11) is 0. The molecule has 1 aromatic rings. The van der Waals surface area contributed by atoms with Crippen molar-refractivity contribution in [1.29, 1.82) is 0 Å². The van der Waals surface area contributed by atoms with Crippen LogP contribution >= 0.6 is 0 Å². The molecule has 1 aliphatic heterocycles. The van der Waals surface area contributed by atoms with Gasteiger partial charge in [-0.25, -0.2) is 0 Å². The van der Waals surface area contributed by atoms with Crippen molar-refractivity contribution < 1.29 is 5.21 Å². The molecule has 18 heavy (non-hydrogen) atoms. The first-order chi connectivity index (χ1) is 8.78. The van der Waals surface area contributed by atoms with E-state index in [4.69, 9.17) is 5.21 Å². The lowest BCUT2D eigenvalue weighted by Gasteiger charge is -2.24. The summed E-state index contributed by atoms with van der Waals surface area (Å²) < 4.78 is 0. The molecule has 1 aromatic carbocycles. The van der Waals surface area contributed by atoms with Gasteiger partial charge in [0.25, 0.3) is 0 Å². The number of hydrogen-bond donors (Lipinski definition) is 1. The molecule has 0 unspecified atom stereocenters. The Hall–Kier alpha value is -1.79. The highest BCUT2D eigenvalue weighted by molar-refractivity contribution is 5.84. The van der Waals surface area contributed by atoms with Crippen LogP contribution in [0.1, 0.15) is 24.0 Å². The molecule has 0 aliphatic carbocycles. The molecule has 3 heteroatoms. The number of nitrogens with zero attached hydrogens (tertiary/aromatic N) is 2. The Labute approximate surface area is 108 Å². The summed E-state index contributed by atoms with van der Waals surface area (Å²) in [5, 5.41) is 11.9. The minimum atomic E-state index is 0.769. The Balaban J connectivity index is 1.84. The van der Waals surface area contributed by atoms with Gasteiger partial charge in [-0.05, 0) is 24.6 Å². The van der Waals surface area contributed by atoms with Crippen molar-refractivity contribution in [2.24, 2.45) is 5.16 Å². The van der Waals surface area contributed by atoms with E-state index in [0.717, 1.165) is 49.3 Å². The molecule has 0 spiro atoms. The topological polar surface area (TPSA) is 35.8 Å². The van der Waals surface area contributed by atoms with Gasteiger partial charge in [-0.15, -0.1) is 0 Å². The quantitative estimate of drug-likeness (QED) is 0.464. The number of rotatable bonds is 1. The van der Waals surface area contributed by atoms with E-state index >= 15 is 0 Å². The first-order valence-electron chi connectivity index (χ1n) is 6.11. The third-order valence-electron chi connectivity index (χ3n) is 3.06. The summed E-state index contributed by atoms with van der Waals surface area (Å²) >= 11 is 0. The van der Waals surface area contributed by atoms with Gasteiger partial charge < -0.3 is 5.21 Å². The van der Waals surface area contributed by atoms with Crippen molar-refractivity contribution in [2.45, 2.75) is 12.8 Å². The molecular weight excluding hydrogens is 224 g/mol. The zero-order valence-corrected chi connectivity index (χ0v) is 10.4. The highest BCUT2D eigenvalue weighted by atomic mass is 16.4. The average molecular weight is 241 g/mol. The first kappa shape index (κ1) is 12.7. The average Bonchev–Trinajstić information content (AvgIpc) is 2.42. The van der Waals surface area contributed by atoms with E-state index in [9.17, 15) is 0 Å². The van der Waals surface area contributed by atoms with Crippen LogP contribution in [0, 0.1) is 18.8 Å². The van der Waals surface area contributed by atoms with Crippen LogP contribution in [0.3, 0.4) is 0 Å². The van der Waals surface area contributed by atoms with Gasteiger partial charge in [-0.1, -0.05) is 29.1 Å². The Bertz CT molecular complexity index is 469. The van der Waals surface area contributed by atoms with Crippen LogP contribution in [-0.4, -0.2) is 35.5 Å². The number of piperidine rings is 1. The minimum Gasteiger partial charge on any atom is -0.411 e. The molecule has 1 saturated heterocycles. The fraction of sp³-hybridized carbons (Fsp3) is 0.333. The fourth-order valence-corrected chi connectivity index (χ4v) is 1.91. The third-order valence-corrected chi connectivity index (χ3v) is 3.06. The highest BCUT2D eigenvalue weighted by Crippen LogP contribution is 2.06. The summed E-state index contributed by atoms with van der Waals surface area (Å²) in [5.41, 5.74) is 2.93. The van der Waals surface area contributed by atoms with E-state index in [0.29, 0.717) is 0 Å². The molecule has 0 atom stereocenters. The van der Waals surface area contributed by atoms with Crippen LogP contribution in [0.4, 0.5) is 0 Å². The molecule has 93 valence electrons. The van der Waals surface area contributed by atoms with Gasteiger partial charge in [0.05, 0.1) is 12.3 Å². The zero-order chi connectivity index (χ0) is 12.8. The third kappa shape index (κ3) is 3.61. The second-order valence-corrected chi connectivity index (χ2v) is 4.44. The van der Waals surface area contributed by atoms with Gasteiger partial charge in [0.1, 0.15) is 0 Å².